The lowest BCUT2D eigenvalue weighted by atomic mass is 10.1. The summed E-state index contributed by atoms with van der Waals surface area (Å²) in [6, 6.07) is 4.68. The van der Waals surface area contributed by atoms with Gasteiger partial charge in [-0.05, 0) is 23.4 Å². The molecule has 11 heteroatoms. The quantitative estimate of drug-likeness (QED) is 0.827. The van der Waals surface area contributed by atoms with Gasteiger partial charge in [-0.25, -0.2) is 4.79 Å². The minimum atomic E-state index is -4.87. The van der Waals surface area contributed by atoms with Gasteiger partial charge in [0.2, 0.25) is 0 Å². The van der Waals surface area contributed by atoms with Crippen LogP contribution in [0, 0.1) is 0 Å². The smallest absolute Gasteiger partial charge is 0.449 e. The summed E-state index contributed by atoms with van der Waals surface area (Å²) in [4.78, 5) is 24.5. The highest BCUT2D eigenvalue weighted by Gasteiger charge is 2.32. The zero-order chi connectivity index (χ0) is 18.9. The Bertz CT molecular complexity index is 848. The number of amides is 1. The van der Waals surface area contributed by atoms with Crippen LogP contribution in [0.3, 0.4) is 0 Å². The second-order valence-electron chi connectivity index (χ2n) is 5.31. The fourth-order valence-corrected chi connectivity index (χ4v) is 2.53. The highest BCUT2D eigenvalue weighted by molar-refractivity contribution is 5.94. The first-order chi connectivity index (χ1) is 12.2. The Morgan fingerprint density at radius 1 is 1.31 bits per heavy atom. The lowest BCUT2D eigenvalue weighted by Crippen LogP contribution is -2.35. The van der Waals surface area contributed by atoms with Gasteiger partial charge in [0.05, 0.1) is 12.1 Å². The number of benzene rings is 1. The van der Waals surface area contributed by atoms with Crippen LogP contribution in [0.5, 0.6) is 11.6 Å². The van der Waals surface area contributed by atoms with Crippen molar-refractivity contribution >= 4 is 12.1 Å². The molecule has 1 amide bonds. The Morgan fingerprint density at radius 3 is 2.77 bits per heavy atom. The van der Waals surface area contributed by atoms with E-state index in [1.165, 1.54) is 17.0 Å². The average molecular weight is 372 g/mol. The van der Waals surface area contributed by atoms with Crippen LogP contribution in [0.25, 0.3) is 0 Å². The first-order valence-corrected chi connectivity index (χ1v) is 7.26. The van der Waals surface area contributed by atoms with Gasteiger partial charge < -0.3 is 24.0 Å². The molecule has 0 saturated carbocycles. The molecule has 0 unspecified atom stereocenters. The van der Waals surface area contributed by atoms with Crippen molar-refractivity contribution in [3.63, 3.8) is 0 Å². The van der Waals surface area contributed by atoms with E-state index in [0.717, 1.165) is 12.1 Å². The molecule has 2 heterocycles. The van der Waals surface area contributed by atoms with E-state index >= 15 is 0 Å². The molecule has 3 rings (SSSR count). The number of carbonyl (C=O) groups excluding carboxylic acids is 1. The number of hydrogen-bond acceptors (Lipinski definition) is 6. The van der Waals surface area contributed by atoms with Gasteiger partial charge in [-0.15, -0.1) is 13.2 Å². The first kappa shape index (κ1) is 17.6. The lowest BCUT2D eigenvalue weighted by Gasteiger charge is -2.26. The Labute approximate surface area is 143 Å². The van der Waals surface area contributed by atoms with E-state index in [2.05, 4.69) is 14.6 Å². The maximum Gasteiger partial charge on any atom is 0.573 e. The molecular weight excluding hydrogens is 361 g/mol. The molecule has 0 bridgehead atoms. The number of carboxylic acid groups (broad SMARTS) is 1. The summed E-state index contributed by atoms with van der Waals surface area (Å²) in [5, 5.41) is 12.2. The van der Waals surface area contributed by atoms with Crippen molar-refractivity contribution < 1.29 is 41.9 Å². The van der Waals surface area contributed by atoms with Gasteiger partial charge in [0, 0.05) is 18.5 Å². The van der Waals surface area contributed by atoms with Crippen molar-refractivity contribution in [3.05, 3.63) is 41.2 Å². The number of rotatable bonds is 3. The molecule has 26 heavy (non-hydrogen) atoms. The number of hydrogen-bond donors (Lipinski definition) is 1. The number of halogens is 3. The van der Waals surface area contributed by atoms with E-state index in [-0.39, 0.29) is 31.0 Å². The molecule has 1 aromatic heterocycles. The Kier molecular flexibility index (Phi) is 4.45. The van der Waals surface area contributed by atoms with Crippen molar-refractivity contribution in [2.45, 2.75) is 19.3 Å². The van der Waals surface area contributed by atoms with Gasteiger partial charge in [0.15, 0.2) is 0 Å². The number of fused-ring (bicyclic) bond motifs is 1. The SMILES string of the molecule is O=C(O)Oc1noc2c1CN(C(=O)c1cccc(OC(F)(F)F)c1)CC2. The highest BCUT2D eigenvalue weighted by Crippen LogP contribution is 2.29. The van der Waals surface area contributed by atoms with Gasteiger partial charge in [-0.2, -0.15) is 0 Å². The molecule has 138 valence electrons. The van der Waals surface area contributed by atoms with Gasteiger partial charge in [0.1, 0.15) is 11.5 Å². The monoisotopic (exact) mass is 372 g/mol. The highest BCUT2D eigenvalue weighted by atomic mass is 19.4. The molecule has 8 nitrogen and oxygen atoms in total. The fourth-order valence-electron chi connectivity index (χ4n) is 2.53. The van der Waals surface area contributed by atoms with E-state index in [9.17, 15) is 22.8 Å². The van der Waals surface area contributed by atoms with Crippen molar-refractivity contribution in [1.82, 2.24) is 10.1 Å². The van der Waals surface area contributed by atoms with Gasteiger partial charge >= 0.3 is 12.5 Å². The molecule has 0 aliphatic carbocycles. The molecule has 1 N–H and O–H groups in total. The van der Waals surface area contributed by atoms with Crippen molar-refractivity contribution in [1.29, 1.82) is 0 Å². The van der Waals surface area contributed by atoms with Crippen LogP contribution in [0.15, 0.2) is 28.8 Å². The third-order valence-electron chi connectivity index (χ3n) is 3.58. The molecule has 0 atom stereocenters. The number of nitrogens with zero attached hydrogens (tertiary/aromatic N) is 2. The summed E-state index contributed by atoms with van der Waals surface area (Å²) < 4.78 is 50.2. The van der Waals surface area contributed by atoms with E-state index in [1.807, 2.05) is 0 Å². The van der Waals surface area contributed by atoms with Crippen LogP contribution in [0.2, 0.25) is 0 Å². The molecule has 1 aliphatic heterocycles. The van der Waals surface area contributed by atoms with Crippen molar-refractivity contribution in [2.24, 2.45) is 0 Å². The number of alkyl halides is 3. The van der Waals surface area contributed by atoms with E-state index in [1.54, 1.807) is 0 Å². The lowest BCUT2D eigenvalue weighted by molar-refractivity contribution is -0.274. The van der Waals surface area contributed by atoms with Gasteiger partial charge in [-0.1, -0.05) is 6.07 Å². The second kappa shape index (κ2) is 6.58. The Morgan fingerprint density at radius 2 is 2.08 bits per heavy atom. The van der Waals surface area contributed by atoms with E-state index < -0.39 is 24.2 Å². The van der Waals surface area contributed by atoms with E-state index in [4.69, 9.17) is 9.63 Å². The fraction of sp³-hybridized carbons (Fsp3) is 0.267. The van der Waals surface area contributed by atoms with Crippen LogP contribution in [-0.4, -0.2) is 40.1 Å². The minimum Gasteiger partial charge on any atom is -0.449 e. The maximum atomic E-state index is 12.6. The molecule has 0 radical (unpaired) electrons. The summed E-state index contributed by atoms with van der Waals surface area (Å²) in [6.45, 7) is 0.169. The standard InChI is InChI=1S/C15H11F3N2O6/c16-15(17,18)25-9-3-1-2-8(6-9)13(21)20-5-4-11-10(7-20)12(19-26-11)24-14(22)23/h1-3,6H,4-5,7H2,(H,22,23). The summed E-state index contributed by atoms with van der Waals surface area (Å²) in [7, 11) is 0. The van der Waals surface area contributed by atoms with Crippen LogP contribution in [0.4, 0.5) is 18.0 Å². The third-order valence-corrected chi connectivity index (χ3v) is 3.58. The minimum absolute atomic E-state index is 0.00708. The number of aromatic nitrogens is 1. The largest absolute Gasteiger partial charge is 0.573 e. The molecule has 0 saturated heterocycles. The zero-order valence-corrected chi connectivity index (χ0v) is 12.9. The van der Waals surface area contributed by atoms with E-state index in [0.29, 0.717) is 11.3 Å². The summed E-state index contributed by atoms with van der Waals surface area (Å²) in [6.07, 6.45) is -6.19. The topological polar surface area (TPSA) is 102 Å². The zero-order valence-electron chi connectivity index (χ0n) is 12.9. The van der Waals surface area contributed by atoms with Crippen LogP contribution in [-0.2, 0) is 13.0 Å². The Balaban J connectivity index is 1.78. The maximum absolute atomic E-state index is 12.6. The summed E-state index contributed by atoms with van der Waals surface area (Å²) in [5.74, 6) is -0.940. The molecule has 0 fully saturated rings. The molecule has 1 aromatic carbocycles. The second-order valence-corrected chi connectivity index (χ2v) is 5.31. The molecule has 0 spiro atoms. The summed E-state index contributed by atoms with van der Waals surface area (Å²) >= 11 is 0. The molecular formula is C15H11F3N2O6. The van der Waals surface area contributed by atoms with Crippen LogP contribution < -0.4 is 9.47 Å². The molecule has 2 aromatic rings. The first-order valence-electron chi connectivity index (χ1n) is 7.26. The average Bonchev–Trinajstić information content (AvgIpc) is 2.94. The van der Waals surface area contributed by atoms with Gasteiger partial charge in [0.25, 0.3) is 11.8 Å². The number of ether oxygens (including phenoxy) is 2. The predicted molar refractivity (Wildman–Crippen MR) is 76.7 cm³/mol. The Hall–Kier alpha value is -3.24. The number of carbonyl (C=O) groups is 2. The predicted octanol–water partition coefficient (Wildman–Crippen LogP) is 2.83. The third kappa shape index (κ3) is 3.87. The summed E-state index contributed by atoms with van der Waals surface area (Å²) in [5.41, 5.74) is 0.294. The van der Waals surface area contributed by atoms with Crippen molar-refractivity contribution in [2.75, 3.05) is 6.54 Å². The van der Waals surface area contributed by atoms with Crippen LogP contribution >= 0.6 is 0 Å². The van der Waals surface area contributed by atoms with Gasteiger partial charge in [-0.3, -0.25) is 4.79 Å². The van der Waals surface area contributed by atoms with Crippen LogP contribution in [0.1, 0.15) is 21.7 Å². The van der Waals surface area contributed by atoms with Crippen molar-refractivity contribution in [3.8, 4) is 11.6 Å². The normalized spacial score (nSPS) is 13.9. The molecule has 1 aliphatic rings.